The van der Waals surface area contributed by atoms with Crippen molar-refractivity contribution in [3.63, 3.8) is 0 Å². The molecule has 0 saturated carbocycles. The number of aliphatic imine (C=N–C) groups is 1. The normalized spacial score (nSPS) is 11.1. The fraction of sp³-hybridized carbons (Fsp3) is 0.429. The Morgan fingerprint density at radius 2 is 1.93 bits per heavy atom. The molecule has 0 aliphatic carbocycles. The van der Waals surface area contributed by atoms with Crippen molar-refractivity contribution in [3.05, 3.63) is 68.6 Å². The van der Waals surface area contributed by atoms with E-state index < -0.39 is 0 Å². The quantitative estimate of drug-likeness (QED) is 0.194. The number of rotatable bonds is 10. The molecule has 2 N–H and O–H groups in total. The van der Waals surface area contributed by atoms with E-state index in [9.17, 15) is 4.79 Å². The van der Waals surface area contributed by atoms with Crippen molar-refractivity contribution in [2.45, 2.75) is 39.2 Å². The second kappa shape index (κ2) is 14.7. The van der Waals surface area contributed by atoms with Crippen LogP contribution in [0.5, 0.6) is 0 Å². The van der Waals surface area contributed by atoms with Crippen LogP contribution in [-0.2, 0) is 13.0 Å². The second-order valence-corrected chi connectivity index (χ2v) is 7.31. The maximum Gasteiger partial charge on any atom is 0.250 e. The summed E-state index contributed by atoms with van der Waals surface area (Å²) >= 11 is 12.1. The number of pyridine rings is 1. The number of hydrogen-bond acceptors (Lipinski definition) is 2. The molecule has 1 aromatic heterocycles. The third kappa shape index (κ3) is 9.87. The van der Waals surface area contributed by atoms with Gasteiger partial charge in [-0.3, -0.25) is 9.79 Å². The van der Waals surface area contributed by atoms with Crippen LogP contribution < -0.4 is 16.2 Å². The van der Waals surface area contributed by atoms with Crippen molar-refractivity contribution in [1.29, 1.82) is 0 Å². The lowest BCUT2D eigenvalue weighted by molar-refractivity contribution is 0.585. The van der Waals surface area contributed by atoms with E-state index in [1.165, 1.54) is 0 Å². The van der Waals surface area contributed by atoms with Crippen LogP contribution in [0.15, 0.2) is 52.4 Å². The van der Waals surface area contributed by atoms with Crippen LogP contribution in [0, 0.1) is 0 Å². The average molecular weight is 551 g/mol. The van der Waals surface area contributed by atoms with Crippen LogP contribution >= 0.6 is 47.2 Å². The predicted octanol–water partition coefficient (Wildman–Crippen LogP) is 4.74. The fourth-order valence-corrected chi connectivity index (χ4v) is 3.29. The molecular weight excluding hydrogens is 522 g/mol. The Morgan fingerprint density at radius 3 is 2.66 bits per heavy atom. The summed E-state index contributed by atoms with van der Waals surface area (Å²) in [6, 6.07) is 10.8. The van der Waals surface area contributed by atoms with Crippen molar-refractivity contribution < 1.29 is 0 Å². The third-order valence-electron chi connectivity index (χ3n) is 4.25. The van der Waals surface area contributed by atoms with Crippen molar-refractivity contribution in [3.8, 4) is 0 Å². The number of halogens is 3. The molecule has 0 unspecified atom stereocenters. The smallest absolute Gasteiger partial charge is 0.250 e. The van der Waals surface area contributed by atoms with Gasteiger partial charge >= 0.3 is 0 Å². The Bertz CT molecular complexity index is 826. The first kappa shape index (κ1) is 25.8. The lowest BCUT2D eigenvalue weighted by atomic mass is 10.1. The fourth-order valence-electron chi connectivity index (χ4n) is 2.79. The van der Waals surface area contributed by atoms with Gasteiger partial charge in [-0.2, -0.15) is 0 Å². The van der Waals surface area contributed by atoms with Gasteiger partial charge in [0.2, 0.25) is 5.56 Å². The molecule has 0 aliphatic rings. The van der Waals surface area contributed by atoms with Crippen LogP contribution in [0.3, 0.4) is 0 Å². The SMILES string of the molecule is CCNC(=NCCCc1ccc(Cl)cc1Cl)NCCCCn1ccccc1=O.I. The van der Waals surface area contributed by atoms with E-state index in [1.54, 1.807) is 22.8 Å². The van der Waals surface area contributed by atoms with Gasteiger partial charge in [0, 0.05) is 48.5 Å². The minimum absolute atomic E-state index is 0. The molecule has 0 spiro atoms. The number of aromatic nitrogens is 1. The summed E-state index contributed by atoms with van der Waals surface area (Å²) in [5, 5.41) is 7.97. The zero-order chi connectivity index (χ0) is 20.2. The number of nitrogens with one attached hydrogen (secondary N) is 2. The summed E-state index contributed by atoms with van der Waals surface area (Å²) in [6.07, 6.45) is 5.51. The van der Waals surface area contributed by atoms with Gasteiger partial charge in [-0.15, -0.1) is 24.0 Å². The molecule has 0 radical (unpaired) electrons. The van der Waals surface area contributed by atoms with Crippen LogP contribution in [0.2, 0.25) is 10.0 Å². The van der Waals surface area contributed by atoms with E-state index in [0.29, 0.717) is 16.6 Å². The van der Waals surface area contributed by atoms with Crippen LogP contribution in [0.4, 0.5) is 0 Å². The van der Waals surface area contributed by atoms with Crippen molar-refractivity contribution >= 4 is 53.1 Å². The van der Waals surface area contributed by atoms with E-state index in [0.717, 1.165) is 56.8 Å². The van der Waals surface area contributed by atoms with E-state index in [2.05, 4.69) is 15.6 Å². The van der Waals surface area contributed by atoms with E-state index in [4.69, 9.17) is 23.2 Å². The van der Waals surface area contributed by atoms with Gasteiger partial charge in [0.1, 0.15) is 0 Å². The van der Waals surface area contributed by atoms with Gasteiger partial charge in [-0.25, -0.2) is 0 Å². The molecule has 0 bridgehead atoms. The Morgan fingerprint density at radius 1 is 1.10 bits per heavy atom. The van der Waals surface area contributed by atoms with Crippen molar-refractivity contribution in [2.75, 3.05) is 19.6 Å². The standard InChI is InChI=1S/C21H28Cl2N4O.HI/c1-2-24-21(25-12-4-6-15-27-14-5-3-9-20(27)28)26-13-7-8-17-10-11-18(22)16-19(17)23;/h3,5,9-11,14,16H,2,4,6-8,12-13,15H2,1H3,(H2,24,25,26);1H. The Hall–Kier alpha value is -1.25. The monoisotopic (exact) mass is 550 g/mol. The summed E-state index contributed by atoms with van der Waals surface area (Å²) in [7, 11) is 0. The molecule has 1 heterocycles. The topological polar surface area (TPSA) is 58.4 Å². The molecule has 5 nitrogen and oxygen atoms in total. The first-order valence-corrected chi connectivity index (χ1v) is 10.5. The van der Waals surface area contributed by atoms with Crippen LogP contribution in [0.1, 0.15) is 31.7 Å². The molecule has 2 rings (SSSR count). The summed E-state index contributed by atoms with van der Waals surface area (Å²) < 4.78 is 1.74. The summed E-state index contributed by atoms with van der Waals surface area (Å²) in [5.41, 5.74) is 1.14. The van der Waals surface area contributed by atoms with E-state index >= 15 is 0 Å². The zero-order valence-corrected chi connectivity index (χ0v) is 20.5. The molecule has 160 valence electrons. The first-order chi connectivity index (χ1) is 13.6. The number of guanidine groups is 1. The molecule has 0 aliphatic heterocycles. The average Bonchev–Trinajstić information content (AvgIpc) is 2.67. The Kier molecular flexibility index (Phi) is 13.1. The maximum absolute atomic E-state index is 11.7. The minimum atomic E-state index is 0. The van der Waals surface area contributed by atoms with Gasteiger partial charge < -0.3 is 15.2 Å². The Labute approximate surface area is 199 Å². The lowest BCUT2D eigenvalue weighted by Crippen LogP contribution is -2.38. The molecule has 29 heavy (non-hydrogen) atoms. The van der Waals surface area contributed by atoms with Crippen molar-refractivity contribution in [2.24, 2.45) is 4.99 Å². The highest BCUT2D eigenvalue weighted by molar-refractivity contribution is 14.0. The number of benzene rings is 1. The predicted molar refractivity (Wildman–Crippen MR) is 134 cm³/mol. The third-order valence-corrected chi connectivity index (χ3v) is 4.84. The molecule has 0 saturated heterocycles. The summed E-state index contributed by atoms with van der Waals surface area (Å²) in [6.45, 7) is 5.13. The maximum atomic E-state index is 11.7. The zero-order valence-electron chi connectivity index (χ0n) is 16.7. The van der Waals surface area contributed by atoms with Crippen LogP contribution in [0.25, 0.3) is 0 Å². The van der Waals surface area contributed by atoms with E-state index in [1.807, 2.05) is 31.3 Å². The molecule has 2 aromatic rings. The van der Waals surface area contributed by atoms with E-state index in [-0.39, 0.29) is 29.5 Å². The van der Waals surface area contributed by atoms with Gasteiger partial charge in [0.15, 0.2) is 5.96 Å². The van der Waals surface area contributed by atoms with Gasteiger partial charge in [-0.1, -0.05) is 35.3 Å². The highest BCUT2D eigenvalue weighted by Gasteiger charge is 2.02. The van der Waals surface area contributed by atoms with Gasteiger partial charge in [0.05, 0.1) is 0 Å². The molecule has 0 fully saturated rings. The molecule has 0 amide bonds. The number of nitrogens with zero attached hydrogens (tertiary/aromatic N) is 2. The highest BCUT2D eigenvalue weighted by atomic mass is 127. The molecule has 1 aromatic carbocycles. The second-order valence-electron chi connectivity index (χ2n) is 6.47. The number of hydrogen-bond donors (Lipinski definition) is 2. The molecule has 8 heteroatoms. The lowest BCUT2D eigenvalue weighted by Gasteiger charge is -2.11. The Balaban J connectivity index is 0.00000420. The molecular formula is C21H29Cl2IN4O. The molecule has 0 atom stereocenters. The minimum Gasteiger partial charge on any atom is -0.357 e. The number of unbranched alkanes of at least 4 members (excludes halogenated alkanes) is 1. The van der Waals surface area contributed by atoms with Crippen LogP contribution in [-0.4, -0.2) is 30.2 Å². The largest absolute Gasteiger partial charge is 0.357 e. The van der Waals surface area contributed by atoms with Crippen molar-refractivity contribution in [1.82, 2.24) is 15.2 Å². The number of aryl methyl sites for hydroxylation is 2. The first-order valence-electron chi connectivity index (χ1n) is 9.71. The van der Waals surface area contributed by atoms with Gasteiger partial charge in [-0.05, 0) is 56.4 Å². The summed E-state index contributed by atoms with van der Waals surface area (Å²) in [4.78, 5) is 16.3. The highest BCUT2D eigenvalue weighted by Crippen LogP contribution is 2.21. The summed E-state index contributed by atoms with van der Waals surface area (Å²) in [5.74, 6) is 0.821. The van der Waals surface area contributed by atoms with Gasteiger partial charge in [0.25, 0.3) is 0 Å².